The average molecular weight is 674 g/mol. The van der Waals surface area contributed by atoms with E-state index in [2.05, 4.69) is 74.0 Å². The second-order valence-electron chi connectivity index (χ2n) is 12.6. The van der Waals surface area contributed by atoms with Gasteiger partial charge in [0.05, 0.1) is 22.6 Å². The zero-order chi connectivity index (χ0) is 32.6. The van der Waals surface area contributed by atoms with Gasteiger partial charge in [-0.2, -0.15) is 8.42 Å². The van der Waals surface area contributed by atoms with Crippen LogP contribution in [0.5, 0.6) is 0 Å². The molecule has 1 aliphatic rings. The van der Waals surface area contributed by atoms with E-state index in [1.165, 1.54) is 5.56 Å². The highest BCUT2D eigenvalue weighted by Crippen LogP contribution is 2.33. The number of aliphatic hydroxyl groups excluding tert-OH is 1. The van der Waals surface area contributed by atoms with Crippen molar-refractivity contribution in [3.05, 3.63) is 136 Å². The highest BCUT2D eigenvalue weighted by molar-refractivity contribution is 7.91. The molecule has 1 aromatic heterocycles. The Morgan fingerprint density at radius 3 is 2.11 bits per heavy atom. The summed E-state index contributed by atoms with van der Waals surface area (Å²) in [5.41, 5.74) is 7.42. The van der Waals surface area contributed by atoms with Crippen molar-refractivity contribution in [1.29, 1.82) is 0 Å². The van der Waals surface area contributed by atoms with Crippen molar-refractivity contribution in [3.8, 4) is 28.1 Å². The molecular formula is C36H34Cl2N4O3S. The Balaban J connectivity index is 1.31. The first-order valence-electron chi connectivity index (χ1n) is 14.9. The number of hydrogen-bond acceptors (Lipinski definition) is 4. The van der Waals surface area contributed by atoms with Gasteiger partial charge < -0.3 is 9.67 Å². The van der Waals surface area contributed by atoms with E-state index in [0.717, 1.165) is 51.4 Å². The third-order valence-electron chi connectivity index (χ3n) is 7.85. The first-order valence-corrected chi connectivity index (χ1v) is 17.1. The van der Waals surface area contributed by atoms with Crippen LogP contribution in [-0.4, -0.2) is 23.1 Å². The minimum atomic E-state index is -3.95. The molecule has 2 N–H and O–H groups in total. The molecule has 0 amide bonds. The van der Waals surface area contributed by atoms with Gasteiger partial charge in [-0.3, -0.25) is 0 Å². The van der Waals surface area contributed by atoms with Crippen LogP contribution in [0.2, 0.25) is 10.0 Å². The third-order valence-corrected chi connectivity index (χ3v) is 9.70. The lowest BCUT2D eigenvalue weighted by atomic mass is 9.88. The molecule has 0 saturated heterocycles. The van der Waals surface area contributed by atoms with E-state index in [1.807, 2.05) is 22.9 Å². The van der Waals surface area contributed by atoms with E-state index in [1.54, 1.807) is 30.3 Å². The van der Waals surface area contributed by atoms with E-state index in [9.17, 15) is 13.5 Å². The number of anilines is 1. The summed E-state index contributed by atoms with van der Waals surface area (Å²) in [7, 11) is -3.95. The van der Waals surface area contributed by atoms with Gasteiger partial charge >= 0.3 is 10.2 Å². The molecule has 1 aliphatic heterocycles. The maximum absolute atomic E-state index is 12.6. The molecule has 0 spiro atoms. The highest BCUT2D eigenvalue weighted by Gasteiger charge is 2.29. The van der Waals surface area contributed by atoms with Gasteiger partial charge in [0.15, 0.2) is 0 Å². The standard InChI is InChI=1S/C36H34Cl2N4O3S/c1-36(2,3)18-17-24-7-11-26(12-8-24)27-13-9-25(10-14-27)19-34-39-33(31-16-15-28(37)20-32(31)38)22-41(34)29-5-4-6-30(21-29)42-23-35(43)40-46(42,44)45/h4-16,20-23,40,43H,17-19H2,1-3H3. The van der Waals surface area contributed by atoms with Crippen LogP contribution < -0.4 is 9.03 Å². The van der Waals surface area contributed by atoms with Gasteiger partial charge in [0, 0.05) is 28.9 Å². The fourth-order valence-corrected chi connectivity index (χ4v) is 6.91. The van der Waals surface area contributed by atoms with E-state index in [4.69, 9.17) is 28.2 Å². The van der Waals surface area contributed by atoms with Crippen LogP contribution in [0.15, 0.2) is 109 Å². The number of aliphatic hydroxyl groups is 1. The molecule has 4 aromatic carbocycles. The molecule has 0 fully saturated rings. The number of nitrogens with one attached hydrogen (secondary N) is 1. The van der Waals surface area contributed by atoms with Crippen LogP contribution >= 0.6 is 23.2 Å². The van der Waals surface area contributed by atoms with Crippen LogP contribution in [-0.2, 0) is 23.1 Å². The Hall–Kier alpha value is -4.24. The molecule has 0 unspecified atom stereocenters. The minimum absolute atomic E-state index is 0.307. The fraction of sp³-hybridized carbons (Fsp3) is 0.194. The molecule has 0 radical (unpaired) electrons. The lowest BCUT2D eigenvalue weighted by Crippen LogP contribution is -2.29. The van der Waals surface area contributed by atoms with E-state index >= 15 is 0 Å². The number of nitrogens with zero attached hydrogens (tertiary/aromatic N) is 3. The lowest BCUT2D eigenvalue weighted by Gasteiger charge is -2.17. The summed E-state index contributed by atoms with van der Waals surface area (Å²) < 4.78 is 30.1. The first-order chi connectivity index (χ1) is 21.8. The summed E-state index contributed by atoms with van der Waals surface area (Å²) in [6, 6.07) is 29.5. The number of hydrogen-bond donors (Lipinski definition) is 2. The van der Waals surface area contributed by atoms with Crippen molar-refractivity contribution in [2.24, 2.45) is 5.41 Å². The number of aromatic nitrogens is 2. The Bertz CT molecular complexity index is 2030. The maximum atomic E-state index is 12.6. The first kappa shape index (κ1) is 31.7. The molecule has 5 aromatic rings. The largest absolute Gasteiger partial charge is 0.493 e. The SMILES string of the molecule is CC(C)(C)CCc1ccc(-c2ccc(Cc3nc(-c4ccc(Cl)cc4Cl)cn3-c3cccc(N4C=C(O)NS4(=O)=O)c3)cc2)cc1. The lowest BCUT2D eigenvalue weighted by molar-refractivity contribution is 0.378. The van der Waals surface area contributed by atoms with Crippen LogP contribution in [0.25, 0.3) is 28.1 Å². The van der Waals surface area contributed by atoms with Crippen molar-refractivity contribution in [2.45, 2.75) is 40.0 Å². The molecule has 10 heteroatoms. The molecule has 0 aliphatic carbocycles. The molecule has 0 bridgehead atoms. The van der Waals surface area contributed by atoms with Crippen LogP contribution in [0.3, 0.4) is 0 Å². The molecule has 0 atom stereocenters. The summed E-state index contributed by atoms with van der Waals surface area (Å²) in [6.07, 6.45) is 5.71. The quantitative estimate of drug-likeness (QED) is 0.172. The van der Waals surface area contributed by atoms with Gasteiger partial charge in [-0.15, -0.1) is 0 Å². The summed E-state index contributed by atoms with van der Waals surface area (Å²) in [4.78, 5) is 4.97. The molecule has 2 heterocycles. The van der Waals surface area contributed by atoms with Crippen molar-refractivity contribution in [1.82, 2.24) is 14.3 Å². The number of imidazole rings is 1. The molecule has 7 nitrogen and oxygen atoms in total. The Morgan fingerprint density at radius 2 is 1.50 bits per heavy atom. The third kappa shape index (κ3) is 7.09. The van der Waals surface area contributed by atoms with Gasteiger partial charge in [-0.25, -0.2) is 14.0 Å². The number of halogens is 2. The normalized spacial score (nSPS) is 14.3. The second-order valence-corrected chi connectivity index (χ2v) is 15.0. The van der Waals surface area contributed by atoms with Crippen molar-refractivity contribution >= 4 is 39.1 Å². The summed E-state index contributed by atoms with van der Waals surface area (Å²) in [5.74, 6) is 0.281. The number of rotatable bonds is 8. The molecule has 6 rings (SSSR count). The van der Waals surface area contributed by atoms with Gasteiger partial charge in [-0.1, -0.05) is 98.6 Å². The Labute approximate surface area is 279 Å². The molecule has 46 heavy (non-hydrogen) atoms. The van der Waals surface area contributed by atoms with E-state index < -0.39 is 16.1 Å². The zero-order valence-electron chi connectivity index (χ0n) is 25.7. The van der Waals surface area contributed by atoms with Gasteiger partial charge in [0.25, 0.3) is 0 Å². The summed E-state index contributed by atoms with van der Waals surface area (Å²) >= 11 is 12.7. The van der Waals surface area contributed by atoms with Crippen molar-refractivity contribution in [3.63, 3.8) is 0 Å². The number of benzene rings is 4. The van der Waals surface area contributed by atoms with Gasteiger partial charge in [-0.05, 0) is 76.9 Å². The molecule has 0 saturated carbocycles. The second kappa shape index (κ2) is 12.5. The predicted octanol–water partition coefficient (Wildman–Crippen LogP) is 9.09. The van der Waals surface area contributed by atoms with Gasteiger partial charge in [0.1, 0.15) is 5.82 Å². The topological polar surface area (TPSA) is 87.5 Å². The van der Waals surface area contributed by atoms with Crippen molar-refractivity contribution in [2.75, 3.05) is 4.31 Å². The number of aryl methyl sites for hydroxylation is 1. The minimum Gasteiger partial charge on any atom is -0.493 e. The average Bonchev–Trinajstić information content (AvgIpc) is 3.55. The monoisotopic (exact) mass is 672 g/mol. The Morgan fingerprint density at radius 1 is 0.848 bits per heavy atom. The maximum Gasteiger partial charge on any atom is 0.330 e. The zero-order valence-corrected chi connectivity index (χ0v) is 28.0. The van der Waals surface area contributed by atoms with Crippen LogP contribution in [0, 0.1) is 5.41 Å². The van der Waals surface area contributed by atoms with E-state index in [0.29, 0.717) is 38.9 Å². The Kier molecular flexibility index (Phi) is 8.63. The molecular weight excluding hydrogens is 639 g/mol. The summed E-state index contributed by atoms with van der Waals surface area (Å²) in [6.45, 7) is 6.80. The van der Waals surface area contributed by atoms with Crippen LogP contribution in [0.1, 0.15) is 44.1 Å². The van der Waals surface area contributed by atoms with Crippen LogP contribution in [0.4, 0.5) is 5.69 Å². The molecule has 236 valence electrons. The van der Waals surface area contributed by atoms with Gasteiger partial charge in [0.2, 0.25) is 5.88 Å². The highest BCUT2D eigenvalue weighted by atomic mass is 35.5. The van der Waals surface area contributed by atoms with E-state index in [-0.39, 0.29) is 0 Å². The summed E-state index contributed by atoms with van der Waals surface area (Å²) in [5, 5.41) is 10.8. The fourth-order valence-electron chi connectivity index (χ4n) is 5.36. The van der Waals surface area contributed by atoms with Crippen molar-refractivity contribution < 1.29 is 13.5 Å². The smallest absolute Gasteiger partial charge is 0.330 e. The predicted molar refractivity (Wildman–Crippen MR) is 187 cm³/mol.